The zero-order valence-corrected chi connectivity index (χ0v) is 20.6. The van der Waals surface area contributed by atoms with Crippen molar-refractivity contribution >= 4 is 50.9 Å². The Balaban J connectivity index is 1.37. The minimum atomic E-state index is -3.95. The molecule has 13 nitrogen and oxygen atoms in total. The number of nitrogens with zero attached hydrogens (tertiary/aromatic N) is 3. The lowest BCUT2D eigenvalue weighted by Crippen LogP contribution is -2.63. The zero-order valence-electron chi connectivity index (χ0n) is 18.2. The molecule has 34 heavy (non-hydrogen) atoms. The van der Waals surface area contributed by atoms with Gasteiger partial charge in [0.1, 0.15) is 10.7 Å². The molecule has 0 saturated carbocycles. The minimum absolute atomic E-state index is 0.00710. The lowest BCUT2D eigenvalue weighted by Gasteiger charge is -2.46. The molecule has 0 unspecified atom stereocenters. The Morgan fingerprint density at radius 2 is 2.12 bits per heavy atom. The third-order valence-electron chi connectivity index (χ3n) is 6.12. The Hall–Kier alpha value is -2.11. The molecule has 6 atom stereocenters. The van der Waals surface area contributed by atoms with Crippen molar-refractivity contribution in [3.63, 3.8) is 0 Å². The van der Waals surface area contributed by atoms with Gasteiger partial charge in [0.05, 0.1) is 30.7 Å². The lowest BCUT2D eigenvalue weighted by molar-refractivity contribution is -0.163. The van der Waals surface area contributed by atoms with Crippen LogP contribution >= 0.6 is 23.1 Å². The number of β-lactam (4-membered cyclic amide) rings is 1. The summed E-state index contributed by atoms with van der Waals surface area (Å²) in [6.07, 6.45) is -0.442. The molecule has 2 saturated heterocycles. The van der Waals surface area contributed by atoms with Gasteiger partial charge in [0, 0.05) is 22.6 Å². The maximum Gasteiger partial charge on any atom is 0.353 e. The van der Waals surface area contributed by atoms with E-state index in [1.807, 2.05) is 6.92 Å². The van der Waals surface area contributed by atoms with E-state index >= 15 is 0 Å². The van der Waals surface area contributed by atoms with E-state index in [0.29, 0.717) is 22.9 Å². The van der Waals surface area contributed by atoms with Gasteiger partial charge in [-0.05, 0) is 13.3 Å². The van der Waals surface area contributed by atoms with Crippen molar-refractivity contribution in [2.24, 2.45) is 17.0 Å². The number of aliphatic hydroxyl groups is 1. The molecular weight excluding hydrogens is 508 g/mol. The molecule has 3 aliphatic rings. The molecule has 0 spiro atoms. The number of carbonyl (C=O) groups is 3. The van der Waals surface area contributed by atoms with Crippen LogP contribution in [0.4, 0.5) is 0 Å². The first-order valence-corrected chi connectivity index (χ1v) is 13.7. The highest BCUT2D eigenvalue weighted by atomic mass is 32.2. The number of sulfonamides is 1. The standard InChI is InChI=1S/C18H24N6O7S3/c1-6-12-11(7(2)25)16(27)24(12)13(17(28)29)14(6)32-8-3-9(20-4-8)15(26)21-5-10-22-23-18(33-10)34(19,30)31/h6-9,11-12,20,25H,3-5H2,1-2H3,(H,21,26)(H,28,29)(H2,19,30,31)/t6-,7-,8+,9+,11-,12-/m1/s1. The van der Waals surface area contributed by atoms with Crippen LogP contribution in [0, 0.1) is 11.8 Å². The SMILES string of the molecule is C[C@@H](O)[C@H]1C(=O)N2C(C(=O)O)=C(S[C@@H]3CN[C@H](C(=O)NCc4nnc(S(N)(=O)=O)s4)C3)[C@H](C)[C@H]12. The fourth-order valence-electron chi connectivity index (χ4n) is 4.56. The first-order valence-electron chi connectivity index (χ1n) is 10.4. The number of hydrogen-bond acceptors (Lipinski definition) is 11. The van der Waals surface area contributed by atoms with E-state index in [1.165, 1.54) is 23.6 Å². The number of fused-ring (bicyclic) bond motifs is 1. The van der Waals surface area contributed by atoms with E-state index in [9.17, 15) is 33.0 Å². The number of nitrogens with one attached hydrogen (secondary N) is 2. The van der Waals surface area contributed by atoms with Crippen LogP contribution in [0.3, 0.4) is 0 Å². The van der Waals surface area contributed by atoms with Gasteiger partial charge in [0.25, 0.3) is 10.0 Å². The van der Waals surface area contributed by atoms with Crippen LogP contribution in [0.5, 0.6) is 0 Å². The molecule has 3 aliphatic heterocycles. The van der Waals surface area contributed by atoms with Crippen LogP contribution in [0.1, 0.15) is 25.3 Å². The highest BCUT2D eigenvalue weighted by molar-refractivity contribution is 8.03. The summed E-state index contributed by atoms with van der Waals surface area (Å²) in [6, 6.07) is -0.915. The van der Waals surface area contributed by atoms with Crippen LogP contribution in [-0.4, -0.2) is 81.5 Å². The topological polar surface area (TPSA) is 205 Å². The first-order chi connectivity index (χ1) is 15.9. The number of aliphatic hydroxyl groups excluding tert-OH is 1. The third-order valence-corrected chi connectivity index (χ3v) is 9.86. The van der Waals surface area contributed by atoms with Crippen molar-refractivity contribution in [2.75, 3.05) is 6.54 Å². The Morgan fingerprint density at radius 1 is 1.41 bits per heavy atom. The average Bonchev–Trinajstić information content (AvgIpc) is 3.44. The number of carbonyl (C=O) groups excluding carboxylic acids is 2. The van der Waals surface area contributed by atoms with Crippen LogP contribution in [-0.2, 0) is 31.0 Å². The molecule has 0 radical (unpaired) electrons. The quantitative estimate of drug-likeness (QED) is 0.242. The molecule has 0 aromatic carbocycles. The van der Waals surface area contributed by atoms with Gasteiger partial charge < -0.3 is 25.7 Å². The van der Waals surface area contributed by atoms with Crippen molar-refractivity contribution in [1.82, 2.24) is 25.7 Å². The largest absolute Gasteiger partial charge is 0.477 e. The molecule has 6 N–H and O–H groups in total. The highest BCUT2D eigenvalue weighted by Gasteiger charge is 2.60. The van der Waals surface area contributed by atoms with Gasteiger partial charge in [-0.3, -0.25) is 9.59 Å². The number of carboxylic acid groups (broad SMARTS) is 1. The number of rotatable bonds is 8. The molecule has 2 amide bonds. The normalized spacial score (nSPS) is 29.7. The van der Waals surface area contributed by atoms with E-state index in [1.54, 1.807) is 0 Å². The molecular formula is C18H24N6O7S3. The van der Waals surface area contributed by atoms with E-state index in [-0.39, 0.29) is 45.6 Å². The number of hydrogen-bond donors (Lipinski definition) is 5. The molecule has 1 aromatic heterocycles. The van der Waals surface area contributed by atoms with Crippen molar-refractivity contribution in [3.8, 4) is 0 Å². The van der Waals surface area contributed by atoms with Crippen LogP contribution in [0.2, 0.25) is 0 Å². The Morgan fingerprint density at radius 3 is 2.71 bits per heavy atom. The molecule has 4 heterocycles. The number of primary sulfonamides is 1. The summed E-state index contributed by atoms with van der Waals surface area (Å²) in [4.78, 5) is 38.8. The number of thioether (sulfide) groups is 1. The Bertz CT molecular complexity index is 1170. The van der Waals surface area contributed by atoms with Crippen molar-refractivity contribution < 1.29 is 33.0 Å². The summed E-state index contributed by atoms with van der Waals surface area (Å²) < 4.78 is 22.2. The average molecular weight is 533 g/mol. The summed E-state index contributed by atoms with van der Waals surface area (Å²) in [5.41, 5.74) is -0.0424. The Labute approximate surface area is 203 Å². The van der Waals surface area contributed by atoms with Crippen LogP contribution in [0.25, 0.3) is 0 Å². The number of carboxylic acids is 1. The second-order valence-corrected chi connectivity index (χ2v) is 12.6. The summed E-state index contributed by atoms with van der Waals surface area (Å²) in [5, 5.41) is 37.9. The predicted molar refractivity (Wildman–Crippen MR) is 121 cm³/mol. The maximum atomic E-state index is 12.6. The predicted octanol–water partition coefficient (Wildman–Crippen LogP) is -1.58. The third kappa shape index (κ3) is 4.45. The zero-order chi connectivity index (χ0) is 24.9. The number of aliphatic carboxylic acids is 1. The van der Waals surface area contributed by atoms with Gasteiger partial charge in [0.2, 0.25) is 16.2 Å². The summed E-state index contributed by atoms with van der Waals surface area (Å²) in [5.74, 6) is -2.76. The monoisotopic (exact) mass is 532 g/mol. The smallest absolute Gasteiger partial charge is 0.353 e. The second kappa shape index (κ2) is 9.16. The van der Waals surface area contributed by atoms with Crippen molar-refractivity contribution in [3.05, 3.63) is 15.6 Å². The molecule has 0 bridgehead atoms. The lowest BCUT2D eigenvalue weighted by atomic mass is 9.79. The Kier molecular flexibility index (Phi) is 6.73. The highest BCUT2D eigenvalue weighted by Crippen LogP contribution is 2.51. The number of nitrogens with two attached hydrogens (primary N) is 1. The van der Waals surface area contributed by atoms with Gasteiger partial charge in [0.15, 0.2) is 0 Å². The number of amides is 2. The van der Waals surface area contributed by atoms with Gasteiger partial charge in [-0.15, -0.1) is 22.0 Å². The van der Waals surface area contributed by atoms with Gasteiger partial charge >= 0.3 is 5.97 Å². The molecule has 0 aliphatic carbocycles. The second-order valence-electron chi connectivity index (χ2n) is 8.43. The van der Waals surface area contributed by atoms with Gasteiger partial charge in [-0.1, -0.05) is 18.3 Å². The molecule has 186 valence electrons. The molecule has 16 heteroatoms. The van der Waals surface area contributed by atoms with Crippen LogP contribution < -0.4 is 15.8 Å². The van der Waals surface area contributed by atoms with E-state index in [2.05, 4.69) is 20.8 Å². The van der Waals surface area contributed by atoms with Gasteiger partial charge in [-0.2, -0.15) is 0 Å². The fraction of sp³-hybridized carbons (Fsp3) is 0.611. The first kappa shape index (κ1) is 25.0. The summed E-state index contributed by atoms with van der Waals surface area (Å²) in [6.45, 7) is 3.83. The summed E-state index contributed by atoms with van der Waals surface area (Å²) >= 11 is 2.12. The maximum absolute atomic E-state index is 12.6. The van der Waals surface area contributed by atoms with E-state index < -0.39 is 34.1 Å². The summed E-state index contributed by atoms with van der Waals surface area (Å²) in [7, 11) is -3.95. The van der Waals surface area contributed by atoms with Crippen LogP contribution in [0.15, 0.2) is 14.9 Å². The van der Waals surface area contributed by atoms with Crippen molar-refractivity contribution in [2.45, 2.75) is 54.6 Å². The fourth-order valence-corrected chi connectivity index (χ4v) is 7.46. The number of aromatic nitrogens is 2. The molecule has 1 aromatic rings. The van der Waals surface area contributed by atoms with E-state index in [4.69, 9.17) is 5.14 Å². The van der Waals surface area contributed by atoms with Crippen molar-refractivity contribution in [1.29, 1.82) is 0 Å². The van der Waals surface area contributed by atoms with Gasteiger partial charge in [-0.25, -0.2) is 18.4 Å². The minimum Gasteiger partial charge on any atom is -0.477 e. The molecule has 4 rings (SSSR count). The molecule has 2 fully saturated rings. The van der Waals surface area contributed by atoms with E-state index in [0.717, 1.165) is 11.3 Å².